The lowest BCUT2D eigenvalue weighted by Crippen LogP contribution is -2.36. The van der Waals surface area contributed by atoms with Gasteiger partial charge in [-0.3, -0.25) is 9.78 Å². The molecule has 0 spiro atoms. The van der Waals surface area contributed by atoms with Gasteiger partial charge >= 0.3 is 0 Å². The number of nitrogens with zero attached hydrogens (tertiary/aromatic N) is 3. The maximum Gasteiger partial charge on any atom is 0.255 e. The predicted molar refractivity (Wildman–Crippen MR) is 89.6 cm³/mol. The molecule has 0 atom stereocenters. The molecule has 3 aromatic rings. The number of carbonyl (C=O) groups excluding carboxylic acids is 1. The largest absolute Gasteiger partial charge is 0.356 e. The van der Waals surface area contributed by atoms with Gasteiger partial charge in [0.2, 0.25) is 0 Å². The van der Waals surface area contributed by atoms with Crippen molar-refractivity contribution in [3.05, 3.63) is 70.6 Å². The molecule has 5 nitrogen and oxygen atoms in total. The fourth-order valence-electron chi connectivity index (χ4n) is 2.90. The molecule has 0 fully saturated rings. The number of fused-ring (bicyclic) bond motifs is 1. The number of pyridine rings is 1. The Morgan fingerprint density at radius 1 is 1.21 bits per heavy atom. The third-order valence-corrected chi connectivity index (χ3v) is 4.40. The van der Waals surface area contributed by atoms with E-state index >= 15 is 0 Å². The van der Waals surface area contributed by atoms with Crippen LogP contribution < -0.4 is 0 Å². The smallest absolute Gasteiger partial charge is 0.255 e. The highest BCUT2D eigenvalue weighted by atomic mass is 35.5. The predicted octanol–water partition coefficient (Wildman–Crippen LogP) is 3.59. The van der Waals surface area contributed by atoms with Crippen molar-refractivity contribution in [3.8, 4) is 11.3 Å². The molecule has 0 radical (unpaired) electrons. The Balaban J connectivity index is 1.59. The average Bonchev–Trinajstić information content (AvgIpc) is 3.05. The first-order valence-electron chi connectivity index (χ1n) is 7.65. The van der Waals surface area contributed by atoms with Gasteiger partial charge < -0.3 is 9.42 Å². The van der Waals surface area contributed by atoms with E-state index < -0.39 is 0 Å². The Hall–Kier alpha value is -2.66. The number of benzene rings is 1. The zero-order valence-electron chi connectivity index (χ0n) is 12.8. The lowest BCUT2D eigenvalue weighted by molar-refractivity contribution is 0.0731. The first kappa shape index (κ1) is 14.9. The van der Waals surface area contributed by atoms with Crippen molar-refractivity contribution in [1.82, 2.24) is 15.0 Å². The van der Waals surface area contributed by atoms with Crippen molar-refractivity contribution in [3.63, 3.8) is 0 Å². The number of aromatic nitrogens is 2. The van der Waals surface area contributed by atoms with Crippen molar-refractivity contribution in [1.29, 1.82) is 0 Å². The number of amides is 1. The molecule has 1 aliphatic heterocycles. The summed E-state index contributed by atoms with van der Waals surface area (Å²) in [5.74, 6) is 0.722. The zero-order chi connectivity index (χ0) is 16.5. The second kappa shape index (κ2) is 6.09. The van der Waals surface area contributed by atoms with Gasteiger partial charge in [0, 0.05) is 35.1 Å². The molecule has 1 aliphatic rings. The van der Waals surface area contributed by atoms with E-state index in [1.54, 1.807) is 29.4 Å². The first-order valence-corrected chi connectivity index (χ1v) is 8.03. The Kier molecular flexibility index (Phi) is 3.78. The van der Waals surface area contributed by atoms with Crippen LogP contribution in [0.3, 0.4) is 0 Å². The van der Waals surface area contributed by atoms with Gasteiger partial charge in [0.05, 0.1) is 12.1 Å². The van der Waals surface area contributed by atoms with Crippen LogP contribution in [-0.4, -0.2) is 27.5 Å². The van der Waals surface area contributed by atoms with Crippen molar-refractivity contribution in [2.45, 2.75) is 13.0 Å². The molecule has 24 heavy (non-hydrogen) atoms. The summed E-state index contributed by atoms with van der Waals surface area (Å²) in [5.41, 5.74) is 3.40. The fourth-order valence-corrected chi connectivity index (χ4v) is 3.03. The van der Waals surface area contributed by atoms with Gasteiger partial charge in [0.1, 0.15) is 5.69 Å². The molecule has 120 valence electrons. The summed E-state index contributed by atoms with van der Waals surface area (Å²) in [5, 5.41) is 4.85. The van der Waals surface area contributed by atoms with E-state index in [0.717, 1.165) is 22.6 Å². The summed E-state index contributed by atoms with van der Waals surface area (Å²) >= 11 is 5.93. The molecule has 6 heteroatoms. The van der Waals surface area contributed by atoms with Crippen LogP contribution in [0.25, 0.3) is 11.3 Å². The van der Waals surface area contributed by atoms with Crippen molar-refractivity contribution < 1.29 is 9.32 Å². The Morgan fingerprint density at radius 2 is 2.04 bits per heavy atom. The molecule has 4 rings (SSSR count). The van der Waals surface area contributed by atoms with Crippen LogP contribution in [0.4, 0.5) is 0 Å². The highest BCUT2D eigenvalue weighted by Gasteiger charge is 2.27. The normalized spacial score (nSPS) is 13.6. The molecule has 1 amide bonds. The monoisotopic (exact) mass is 339 g/mol. The molecule has 0 bridgehead atoms. The van der Waals surface area contributed by atoms with Gasteiger partial charge in [-0.25, -0.2) is 0 Å². The molecule has 2 aromatic heterocycles. The molecule has 0 saturated carbocycles. The van der Waals surface area contributed by atoms with E-state index in [1.165, 1.54) is 0 Å². The van der Waals surface area contributed by atoms with E-state index in [1.807, 2.05) is 24.3 Å². The molecule has 0 saturated heterocycles. The minimum absolute atomic E-state index is 0.0372. The second-order valence-corrected chi connectivity index (χ2v) is 6.10. The van der Waals surface area contributed by atoms with Crippen LogP contribution in [0.1, 0.15) is 21.6 Å². The zero-order valence-corrected chi connectivity index (χ0v) is 13.5. The fraction of sp³-hybridized carbons (Fsp3) is 0.167. The summed E-state index contributed by atoms with van der Waals surface area (Å²) in [6.45, 7) is 1.07. The molecule has 0 aliphatic carbocycles. The summed E-state index contributed by atoms with van der Waals surface area (Å²) in [4.78, 5) is 18.3. The third-order valence-electron chi connectivity index (χ3n) is 4.14. The maximum absolute atomic E-state index is 12.5. The standard InChI is InChI=1S/C18H14ClN3O2/c19-14-5-3-12(4-6-14)17-15-7-9-22(11-16(15)21-24-17)18(23)13-2-1-8-20-10-13/h1-6,8,10H,7,9,11H2. The van der Waals surface area contributed by atoms with Crippen molar-refractivity contribution in [2.75, 3.05) is 6.54 Å². The van der Waals surface area contributed by atoms with Gasteiger partial charge in [-0.1, -0.05) is 16.8 Å². The number of rotatable bonds is 2. The average molecular weight is 340 g/mol. The summed E-state index contributed by atoms with van der Waals surface area (Å²) in [6, 6.07) is 11.0. The Labute approximate surface area is 143 Å². The van der Waals surface area contributed by atoms with E-state index in [2.05, 4.69) is 10.1 Å². The number of hydrogen-bond acceptors (Lipinski definition) is 4. The molecule has 0 N–H and O–H groups in total. The van der Waals surface area contributed by atoms with Crippen LogP contribution in [0, 0.1) is 0 Å². The second-order valence-electron chi connectivity index (χ2n) is 5.66. The minimum Gasteiger partial charge on any atom is -0.356 e. The third kappa shape index (κ3) is 2.67. The van der Waals surface area contributed by atoms with E-state index in [0.29, 0.717) is 30.1 Å². The van der Waals surface area contributed by atoms with Gasteiger partial charge in [-0.05, 0) is 42.8 Å². The molecule has 3 heterocycles. The number of halogens is 1. The van der Waals surface area contributed by atoms with Crippen LogP contribution >= 0.6 is 11.6 Å². The Morgan fingerprint density at radius 3 is 2.79 bits per heavy atom. The van der Waals surface area contributed by atoms with Crippen LogP contribution in [0.2, 0.25) is 5.02 Å². The highest BCUT2D eigenvalue weighted by molar-refractivity contribution is 6.30. The Bertz CT molecular complexity index is 875. The van der Waals surface area contributed by atoms with Crippen molar-refractivity contribution in [2.24, 2.45) is 0 Å². The summed E-state index contributed by atoms with van der Waals surface area (Å²) in [7, 11) is 0. The molecule has 0 unspecified atom stereocenters. The van der Waals surface area contributed by atoms with Crippen LogP contribution in [0.15, 0.2) is 53.3 Å². The maximum atomic E-state index is 12.5. The van der Waals surface area contributed by atoms with Gasteiger partial charge in [-0.15, -0.1) is 0 Å². The van der Waals surface area contributed by atoms with Gasteiger partial charge in [0.15, 0.2) is 5.76 Å². The SMILES string of the molecule is O=C(c1cccnc1)N1CCc2c(noc2-c2ccc(Cl)cc2)C1. The molecular weight excluding hydrogens is 326 g/mol. The lowest BCUT2D eigenvalue weighted by atomic mass is 10.0. The van der Waals surface area contributed by atoms with Crippen LogP contribution in [0.5, 0.6) is 0 Å². The number of carbonyl (C=O) groups is 1. The van der Waals surface area contributed by atoms with E-state index in [4.69, 9.17) is 16.1 Å². The quantitative estimate of drug-likeness (QED) is 0.716. The summed E-state index contributed by atoms with van der Waals surface area (Å²) in [6.07, 6.45) is 3.95. The number of hydrogen-bond donors (Lipinski definition) is 0. The molecule has 1 aromatic carbocycles. The van der Waals surface area contributed by atoms with Gasteiger partial charge in [0.25, 0.3) is 5.91 Å². The van der Waals surface area contributed by atoms with E-state index in [9.17, 15) is 4.79 Å². The van der Waals surface area contributed by atoms with E-state index in [-0.39, 0.29) is 5.91 Å². The molecular formula is C18H14ClN3O2. The topological polar surface area (TPSA) is 59.2 Å². The van der Waals surface area contributed by atoms with Crippen molar-refractivity contribution >= 4 is 17.5 Å². The lowest BCUT2D eigenvalue weighted by Gasteiger charge is -2.26. The summed E-state index contributed by atoms with van der Waals surface area (Å²) < 4.78 is 5.53. The minimum atomic E-state index is -0.0372. The van der Waals surface area contributed by atoms with Gasteiger partial charge in [-0.2, -0.15) is 0 Å². The first-order chi connectivity index (χ1) is 11.7. The highest BCUT2D eigenvalue weighted by Crippen LogP contribution is 2.31. The van der Waals surface area contributed by atoms with Crippen LogP contribution in [-0.2, 0) is 13.0 Å².